The van der Waals surface area contributed by atoms with Gasteiger partial charge in [-0.15, -0.1) is 0 Å². The lowest BCUT2D eigenvalue weighted by Crippen LogP contribution is -2.27. The number of carbonyl (C=O) groups is 3. The summed E-state index contributed by atoms with van der Waals surface area (Å²) in [4.78, 5) is 38.3. The van der Waals surface area contributed by atoms with Crippen LogP contribution in [-0.4, -0.2) is 37.9 Å². The van der Waals surface area contributed by atoms with E-state index in [0.717, 1.165) is 0 Å². The van der Waals surface area contributed by atoms with E-state index in [-0.39, 0.29) is 29.7 Å². The van der Waals surface area contributed by atoms with E-state index in [2.05, 4.69) is 0 Å². The molecule has 0 bridgehead atoms. The van der Waals surface area contributed by atoms with E-state index in [9.17, 15) is 14.4 Å². The summed E-state index contributed by atoms with van der Waals surface area (Å²) in [6.45, 7) is -0.292. The maximum Gasteiger partial charge on any atom is 0.311 e. The summed E-state index contributed by atoms with van der Waals surface area (Å²) in [5, 5.41) is 0.571. The van der Waals surface area contributed by atoms with Crippen molar-refractivity contribution in [2.45, 2.75) is 6.42 Å². The molecule has 2 aromatic carbocycles. The number of carbonyl (C=O) groups excluding carboxylic acids is 3. The van der Waals surface area contributed by atoms with E-state index in [4.69, 9.17) is 32.7 Å². The van der Waals surface area contributed by atoms with E-state index in [0.29, 0.717) is 22.0 Å². The van der Waals surface area contributed by atoms with Crippen molar-refractivity contribution in [3.8, 4) is 5.75 Å². The molecule has 6 nitrogen and oxygen atoms in total. The lowest BCUT2D eigenvalue weighted by atomic mass is 10.1. The van der Waals surface area contributed by atoms with Crippen LogP contribution in [0.4, 0.5) is 5.69 Å². The number of ether oxygens (including phenoxy) is 2. The first-order valence-electron chi connectivity index (χ1n) is 8.49. The van der Waals surface area contributed by atoms with Crippen LogP contribution >= 0.6 is 23.2 Å². The predicted molar refractivity (Wildman–Crippen MR) is 105 cm³/mol. The number of hydrogen-bond donors (Lipinski definition) is 0. The number of amides is 1. The van der Waals surface area contributed by atoms with Crippen LogP contribution < -0.4 is 9.64 Å². The molecule has 1 atom stereocenters. The van der Waals surface area contributed by atoms with E-state index in [1.165, 1.54) is 12.0 Å². The minimum absolute atomic E-state index is 0.0188. The van der Waals surface area contributed by atoms with Crippen LogP contribution in [0.3, 0.4) is 0 Å². The van der Waals surface area contributed by atoms with Crippen molar-refractivity contribution in [1.29, 1.82) is 0 Å². The van der Waals surface area contributed by atoms with Crippen LogP contribution in [0.15, 0.2) is 42.5 Å². The smallest absolute Gasteiger partial charge is 0.311 e. The SMILES string of the molecule is COc1cccc(C(=O)COC(=O)C2CC(=O)N(c3cccc(Cl)c3Cl)C2)c1. The Morgan fingerprint density at radius 1 is 1.18 bits per heavy atom. The molecule has 0 spiro atoms. The summed E-state index contributed by atoms with van der Waals surface area (Å²) in [6, 6.07) is 11.5. The summed E-state index contributed by atoms with van der Waals surface area (Å²) in [7, 11) is 1.50. The molecule has 1 amide bonds. The molecule has 0 aliphatic carbocycles. The lowest BCUT2D eigenvalue weighted by molar-refractivity contribution is -0.147. The second-order valence-corrected chi connectivity index (χ2v) is 7.03. The van der Waals surface area contributed by atoms with Gasteiger partial charge in [0.25, 0.3) is 0 Å². The molecule has 1 heterocycles. The normalized spacial score (nSPS) is 16.2. The minimum atomic E-state index is -0.680. The molecule has 0 aromatic heterocycles. The van der Waals surface area contributed by atoms with Gasteiger partial charge >= 0.3 is 5.97 Å². The number of rotatable bonds is 6. The maximum atomic E-state index is 12.3. The minimum Gasteiger partial charge on any atom is -0.497 e. The lowest BCUT2D eigenvalue weighted by Gasteiger charge is -2.18. The molecule has 0 radical (unpaired) electrons. The Morgan fingerprint density at radius 2 is 1.93 bits per heavy atom. The summed E-state index contributed by atoms with van der Waals surface area (Å²) in [6.07, 6.45) is -0.0188. The molecule has 0 saturated carbocycles. The molecule has 2 aromatic rings. The molecular formula is C20H17Cl2NO5. The van der Waals surface area contributed by atoms with Gasteiger partial charge in [-0.1, -0.05) is 41.4 Å². The Bertz CT molecular complexity index is 931. The summed E-state index contributed by atoms with van der Waals surface area (Å²) >= 11 is 12.2. The third-order valence-electron chi connectivity index (χ3n) is 4.42. The van der Waals surface area contributed by atoms with Gasteiger partial charge in [0, 0.05) is 18.5 Å². The van der Waals surface area contributed by atoms with Gasteiger partial charge in [-0.05, 0) is 24.3 Å². The number of benzene rings is 2. The fourth-order valence-electron chi connectivity index (χ4n) is 2.93. The molecule has 3 rings (SSSR count). The zero-order chi connectivity index (χ0) is 20.3. The van der Waals surface area contributed by atoms with Crippen LogP contribution in [0.25, 0.3) is 0 Å². The first kappa shape index (κ1) is 20.2. The molecule has 1 aliphatic rings. The monoisotopic (exact) mass is 421 g/mol. The second kappa shape index (κ2) is 8.63. The standard InChI is InChI=1S/C20H17Cl2NO5/c1-27-14-5-2-4-12(8-14)17(24)11-28-20(26)13-9-18(25)23(10-13)16-7-3-6-15(21)19(16)22/h2-8,13H,9-11H2,1H3. The van der Waals surface area contributed by atoms with Gasteiger partial charge in [0.05, 0.1) is 28.8 Å². The van der Waals surface area contributed by atoms with Gasteiger partial charge in [-0.25, -0.2) is 0 Å². The molecule has 28 heavy (non-hydrogen) atoms. The number of hydrogen-bond acceptors (Lipinski definition) is 5. The number of halogens is 2. The molecule has 1 aliphatic heterocycles. The number of nitrogens with zero attached hydrogens (tertiary/aromatic N) is 1. The molecular weight excluding hydrogens is 405 g/mol. The van der Waals surface area contributed by atoms with E-state index in [1.54, 1.807) is 42.5 Å². The van der Waals surface area contributed by atoms with Crippen molar-refractivity contribution in [2.24, 2.45) is 5.92 Å². The van der Waals surface area contributed by atoms with Gasteiger partial charge in [-0.3, -0.25) is 14.4 Å². The second-order valence-electron chi connectivity index (χ2n) is 6.24. The molecule has 0 N–H and O–H groups in total. The number of esters is 1. The van der Waals surface area contributed by atoms with Crippen LogP contribution in [0.2, 0.25) is 10.0 Å². The highest BCUT2D eigenvalue weighted by atomic mass is 35.5. The van der Waals surface area contributed by atoms with Crippen molar-refractivity contribution in [3.05, 3.63) is 58.1 Å². The Kier molecular flexibility index (Phi) is 6.21. The third kappa shape index (κ3) is 4.29. The molecule has 1 saturated heterocycles. The first-order valence-corrected chi connectivity index (χ1v) is 9.24. The Hall–Kier alpha value is -2.57. The summed E-state index contributed by atoms with van der Waals surface area (Å²) in [5.74, 6) is -1.37. The molecule has 1 unspecified atom stereocenters. The van der Waals surface area contributed by atoms with Gasteiger partial charge in [0.2, 0.25) is 5.91 Å². The first-order chi connectivity index (χ1) is 13.4. The van der Waals surface area contributed by atoms with Crippen molar-refractivity contribution in [3.63, 3.8) is 0 Å². The Morgan fingerprint density at radius 3 is 2.68 bits per heavy atom. The highest BCUT2D eigenvalue weighted by Gasteiger charge is 2.37. The van der Waals surface area contributed by atoms with Gasteiger partial charge in [-0.2, -0.15) is 0 Å². The van der Waals surface area contributed by atoms with Crippen LogP contribution in [-0.2, 0) is 14.3 Å². The highest BCUT2D eigenvalue weighted by molar-refractivity contribution is 6.44. The quantitative estimate of drug-likeness (QED) is 0.524. The van der Waals surface area contributed by atoms with Crippen molar-refractivity contribution in [1.82, 2.24) is 0 Å². The largest absolute Gasteiger partial charge is 0.497 e. The van der Waals surface area contributed by atoms with Crippen LogP contribution in [0, 0.1) is 5.92 Å². The van der Waals surface area contributed by atoms with Crippen molar-refractivity contribution in [2.75, 3.05) is 25.2 Å². The third-order valence-corrected chi connectivity index (χ3v) is 5.23. The van der Waals surface area contributed by atoms with E-state index < -0.39 is 18.5 Å². The number of ketones is 1. The number of Topliss-reactive ketones (excluding diaryl/α,β-unsaturated/α-hetero) is 1. The summed E-state index contributed by atoms with van der Waals surface area (Å²) in [5.41, 5.74) is 0.823. The fourth-order valence-corrected chi connectivity index (χ4v) is 3.33. The van der Waals surface area contributed by atoms with Gasteiger partial charge in [0.1, 0.15) is 5.75 Å². The zero-order valence-electron chi connectivity index (χ0n) is 15.0. The highest BCUT2D eigenvalue weighted by Crippen LogP contribution is 2.35. The average molecular weight is 422 g/mol. The molecule has 146 valence electrons. The van der Waals surface area contributed by atoms with Crippen LogP contribution in [0.5, 0.6) is 5.75 Å². The number of methoxy groups -OCH3 is 1. The van der Waals surface area contributed by atoms with Crippen molar-refractivity contribution >= 4 is 46.5 Å². The van der Waals surface area contributed by atoms with Crippen LogP contribution in [0.1, 0.15) is 16.8 Å². The Balaban J connectivity index is 1.61. The Labute approximate surface area is 171 Å². The average Bonchev–Trinajstić information content (AvgIpc) is 3.09. The number of anilines is 1. The van der Waals surface area contributed by atoms with Gasteiger partial charge < -0.3 is 14.4 Å². The topological polar surface area (TPSA) is 72.9 Å². The molecule has 8 heteroatoms. The van der Waals surface area contributed by atoms with E-state index >= 15 is 0 Å². The zero-order valence-corrected chi connectivity index (χ0v) is 16.5. The van der Waals surface area contributed by atoms with Crippen molar-refractivity contribution < 1.29 is 23.9 Å². The molecule has 1 fully saturated rings. The van der Waals surface area contributed by atoms with Gasteiger partial charge in [0.15, 0.2) is 12.4 Å². The fraction of sp³-hybridized carbons (Fsp3) is 0.250. The summed E-state index contributed by atoms with van der Waals surface area (Å²) < 4.78 is 10.2. The maximum absolute atomic E-state index is 12.3. The van der Waals surface area contributed by atoms with E-state index in [1.807, 2.05) is 0 Å². The predicted octanol–water partition coefficient (Wildman–Crippen LogP) is 3.78.